The zero-order valence-corrected chi connectivity index (χ0v) is 16.7. The lowest BCUT2D eigenvalue weighted by Gasteiger charge is -2.16. The van der Waals surface area contributed by atoms with E-state index < -0.39 is 0 Å². The Morgan fingerprint density at radius 3 is 2.78 bits per heavy atom. The Morgan fingerprint density at radius 2 is 2.11 bits per heavy atom. The number of aromatic nitrogens is 4. The first-order chi connectivity index (χ1) is 13.1. The Hall–Kier alpha value is -2.09. The summed E-state index contributed by atoms with van der Waals surface area (Å²) >= 11 is 7.46. The van der Waals surface area contributed by atoms with Crippen LogP contribution in [-0.2, 0) is 11.2 Å². The minimum absolute atomic E-state index is 0.149. The van der Waals surface area contributed by atoms with Gasteiger partial charge in [-0.25, -0.2) is 4.98 Å². The second kappa shape index (κ2) is 7.88. The molecule has 0 bridgehead atoms. The van der Waals surface area contributed by atoms with Crippen molar-refractivity contribution in [3.63, 3.8) is 0 Å². The lowest BCUT2D eigenvalue weighted by Crippen LogP contribution is -2.23. The molecule has 3 heterocycles. The highest BCUT2D eigenvalue weighted by atomic mass is 35.5. The summed E-state index contributed by atoms with van der Waals surface area (Å²) in [4.78, 5) is 6.59. The number of hydrogen-bond acceptors (Lipinski definition) is 7. The molecule has 8 heteroatoms. The van der Waals surface area contributed by atoms with Crippen molar-refractivity contribution in [3.05, 3.63) is 52.8 Å². The highest BCUT2D eigenvalue weighted by molar-refractivity contribution is 7.09. The van der Waals surface area contributed by atoms with Crippen LogP contribution in [0.5, 0.6) is 0 Å². The van der Waals surface area contributed by atoms with Gasteiger partial charge < -0.3 is 9.64 Å². The van der Waals surface area contributed by atoms with E-state index in [4.69, 9.17) is 16.3 Å². The van der Waals surface area contributed by atoms with Crippen LogP contribution in [0.25, 0.3) is 10.7 Å². The number of nitrogens with zero attached hydrogens (tertiary/aromatic N) is 5. The molecule has 1 aromatic carbocycles. The third kappa shape index (κ3) is 4.10. The third-order valence-corrected chi connectivity index (χ3v) is 5.86. The number of hydrogen-bond donors (Lipinski definition) is 0. The van der Waals surface area contributed by atoms with Gasteiger partial charge in [0, 0.05) is 31.1 Å². The second-order valence-electron chi connectivity index (χ2n) is 6.70. The van der Waals surface area contributed by atoms with Gasteiger partial charge in [0.1, 0.15) is 11.5 Å². The van der Waals surface area contributed by atoms with E-state index in [1.807, 2.05) is 37.3 Å². The zero-order chi connectivity index (χ0) is 18.8. The molecule has 2 atom stereocenters. The summed E-state index contributed by atoms with van der Waals surface area (Å²) in [6.45, 7) is 3.54. The number of ether oxygens (including phenoxy) is 1. The quantitative estimate of drug-likeness (QED) is 0.650. The first-order valence-corrected chi connectivity index (χ1v) is 9.94. The predicted octanol–water partition coefficient (Wildman–Crippen LogP) is 3.65. The largest absolute Gasteiger partial charge is 0.379 e. The van der Waals surface area contributed by atoms with Gasteiger partial charge in [-0.3, -0.25) is 0 Å². The first kappa shape index (κ1) is 18.3. The number of anilines is 1. The van der Waals surface area contributed by atoms with Crippen molar-refractivity contribution in [2.75, 3.05) is 25.1 Å². The van der Waals surface area contributed by atoms with Gasteiger partial charge in [0.2, 0.25) is 0 Å². The van der Waals surface area contributed by atoms with Crippen molar-refractivity contribution in [2.45, 2.75) is 19.4 Å². The highest BCUT2D eigenvalue weighted by Crippen LogP contribution is 2.28. The molecule has 0 spiro atoms. The Bertz CT molecular complexity index is 916. The molecule has 1 aliphatic heterocycles. The number of halogens is 1. The number of aryl methyl sites for hydroxylation is 1. The molecule has 2 aromatic heterocycles. The maximum Gasteiger partial charge on any atom is 0.164 e. The van der Waals surface area contributed by atoms with Crippen molar-refractivity contribution in [3.8, 4) is 10.7 Å². The lowest BCUT2D eigenvalue weighted by molar-refractivity contribution is 0.0838. The van der Waals surface area contributed by atoms with Crippen LogP contribution >= 0.6 is 23.1 Å². The van der Waals surface area contributed by atoms with Gasteiger partial charge in [0.25, 0.3) is 0 Å². The summed E-state index contributed by atoms with van der Waals surface area (Å²) in [5, 5.41) is 10.3. The minimum Gasteiger partial charge on any atom is -0.379 e. The predicted molar refractivity (Wildman–Crippen MR) is 107 cm³/mol. The van der Waals surface area contributed by atoms with Crippen molar-refractivity contribution in [1.29, 1.82) is 0 Å². The van der Waals surface area contributed by atoms with Crippen molar-refractivity contribution < 1.29 is 4.74 Å². The standard InChI is InChI=1S/C19H20ClN5OS/c1-12-21-19(27-24-12)16-6-7-18(23-22-16)25-10-14(17(11-25)26-2)8-13-4-3-5-15(20)9-13/h3-7,9,14,17H,8,10-11H2,1-2H3. The molecule has 1 saturated heterocycles. The summed E-state index contributed by atoms with van der Waals surface area (Å²) in [6.07, 6.45) is 1.07. The molecule has 1 fully saturated rings. The van der Waals surface area contributed by atoms with Gasteiger partial charge >= 0.3 is 0 Å². The molecule has 2 unspecified atom stereocenters. The molecule has 27 heavy (non-hydrogen) atoms. The molecule has 1 aliphatic rings. The summed E-state index contributed by atoms with van der Waals surface area (Å²) in [6, 6.07) is 12.0. The second-order valence-corrected chi connectivity index (χ2v) is 7.89. The van der Waals surface area contributed by atoms with Crippen molar-refractivity contribution in [2.24, 2.45) is 5.92 Å². The monoisotopic (exact) mass is 401 g/mol. The normalized spacial score (nSPS) is 19.6. The van der Waals surface area contributed by atoms with Crippen LogP contribution in [0.3, 0.4) is 0 Å². The summed E-state index contributed by atoms with van der Waals surface area (Å²) in [5.74, 6) is 1.99. The molecule has 0 N–H and O–H groups in total. The number of methoxy groups -OCH3 is 1. The molecule has 0 amide bonds. The van der Waals surface area contributed by atoms with Crippen LogP contribution in [0.2, 0.25) is 5.02 Å². The number of rotatable bonds is 5. The molecule has 3 aromatic rings. The molecule has 4 rings (SSSR count). The van der Waals surface area contributed by atoms with Gasteiger partial charge in [0.15, 0.2) is 10.8 Å². The SMILES string of the molecule is COC1CN(c2ccc(-c3nc(C)ns3)nn2)CC1Cc1cccc(Cl)c1. The topological polar surface area (TPSA) is 64.0 Å². The highest BCUT2D eigenvalue weighted by Gasteiger charge is 2.33. The van der Waals surface area contributed by atoms with E-state index in [9.17, 15) is 0 Å². The van der Waals surface area contributed by atoms with Crippen molar-refractivity contribution >= 4 is 29.0 Å². The Balaban J connectivity index is 1.48. The molecule has 0 saturated carbocycles. The smallest absolute Gasteiger partial charge is 0.164 e. The van der Waals surface area contributed by atoms with Crippen LogP contribution < -0.4 is 4.90 Å². The van der Waals surface area contributed by atoms with E-state index >= 15 is 0 Å². The van der Waals surface area contributed by atoms with Gasteiger partial charge in [0.05, 0.1) is 6.10 Å². The van der Waals surface area contributed by atoms with Gasteiger partial charge in [-0.05, 0) is 54.7 Å². The fourth-order valence-corrected chi connectivity index (χ4v) is 4.31. The molecule has 0 radical (unpaired) electrons. The van der Waals surface area contributed by atoms with E-state index in [0.717, 1.165) is 46.9 Å². The molecule has 6 nitrogen and oxygen atoms in total. The van der Waals surface area contributed by atoms with E-state index in [1.54, 1.807) is 7.11 Å². The minimum atomic E-state index is 0.149. The maximum atomic E-state index is 6.12. The van der Waals surface area contributed by atoms with Crippen LogP contribution in [0, 0.1) is 12.8 Å². The third-order valence-electron chi connectivity index (χ3n) is 4.79. The van der Waals surface area contributed by atoms with E-state index in [2.05, 4.69) is 30.5 Å². The van der Waals surface area contributed by atoms with E-state index in [1.165, 1.54) is 17.1 Å². The first-order valence-electron chi connectivity index (χ1n) is 8.79. The maximum absolute atomic E-state index is 6.12. The Labute approximate surface area is 167 Å². The van der Waals surface area contributed by atoms with Crippen LogP contribution in [-0.4, -0.2) is 45.9 Å². The summed E-state index contributed by atoms with van der Waals surface area (Å²) in [7, 11) is 1.77. The zero-order valence-electron chi connectivity index (χ0n) is 15.2. The van der Waals surface area contributed by atoms with Gasteiger partial charge in [-0.2, -0.15) is 4.37 Å². The molecular weight excluding hydrogens is 382 g/mol. The van der Waals surface area contributed by atoms with Crippen LogP contribution in [0.15, 0.2) is 36.4 Å². The van der Waals surface area contributed by atoms with Gasteiger partial charge in [-0.1, -0.05) is 23.7 Å². The van der Waals surface area contributed by atoms with E-state index in [-0.39, 0.29) is 6.10 Å². The Morgan fingerprint density at radius 1 is 1.22 bits per heavy atom. The lowest BCUT2D eigenvalue weighted by atomic mass is 9.96. The Kier molecular flexibility index (Phi) is 5.33. The summed E-state index contributed by atoms with van der Waals surface area (Å²) < 4.78 is 9.93. The molecule has 0 aliphatic carbocycles. The fourth-order valence-electron chi connectivity index (χ4n) is 3.47. The fraction of sp³-hybridized carbons (Fsp3) is 0.368. The molecule has 140 valence electrons. The summed E-state index contributed by atoms with van der Waals surface area (Å²) in [5.41, 5.74) is 1.98. The average Bonchev–Trinajstić information content (AvgIpc) is 3.28. The van der Waals surface area contributed by atoms with Crippen LogP contribution in [0.4, 0.5) is 5.82 Å². The van der Waals surface area contributed by atoms with E-state index in [0.29, 0.717) is 5.92 Å². The molecular formula is C19H20ClN5OS. The number of benzene rings is 1. The average molecular weight is 402 g/mol. The van der Waals surface area contributed by atoms with Gasteiger partial charge in [-0.15, -0.1) is 10.2 Å². The van der Waals surface area contributed by atoms with Crippen molar-refractivity contribution in [1.82, 2.24) is 19.6 Å². The van der Waals surface area contributed by atoms with Crippen LogP contribution in [0.1, 0.15) is 11.4 Å².